The highest BCUT2D eigenvalue weighted by atomic mass is 35.7. The third-order valence-corrected chi connectivity index (χ3v) is 4.55. The van der Waals surface area contributed by atoms with Crippen LogP contribution in [-0.4, -0.2) is 8.42 Å². The van der Waals surface area contributed by atoms with E-state index >= 15 is 0 Å². The maximum Gasteiger partial charge on any atom is 0.262 e. The van der Waals surface area contributed by atoms with Crippen molar-refractivity contribution in [2.45, 2.75) is 4.90 Å². The minimum absolute atomic E-state index is 0.276. The summed E-state index contributed by atoms with van der Waals surface area (Å²) in [5.74, 6) is -13.3. The van der Waals surface area contributed by atoms with Gasteiger partial charge in [-0.2, -0.15) is 0 Å². The molecule has 0 aliphatic carbocycles. The van der Waals surface area contributed by atoms with Gasteiger partial charge in [0.25, 0.3) is 9.05 Å². The Morgan fingerprint density at radius 1 is 0.783 bits per heavy atom. The highest BCUT2D eigenvalue weighted by Gasteiger charge is 2.29. The van der Waals surface area contributed by atoms with Gasteiger partial charge in [0.1, 0.15) is 10.7 Å². The molecule has 0 N–H and O–H groups in total. The van der Waals surface area contributed by atoms with Gasteiger partial charge in [-0.05, 0) is 12.1 Å². The van der Waals surface area contributed by atoms with Crippen molar-refractivity contribution in [3.05, 3.63) is 52.1 Å². The van der Waals surface area contributed by atoms with Crippen molar-refractivity contribution in [1.82, 2.24) is 0 Å². The molecule has 2 nitrogen and oxygen atoms in total. The first-order chi connectivity index (χ1) is 10.5. The predicted molar refractivity (Wildman–Crippen MR) is 69.7 cm³/mol. The van der Waals surface area contributed by atoms with E-state index in [-0.39, 0.29) is 6.07 Å². The smallest absolute Gasteiger partial charge is 0.207 e. The molecule has 0 saturated heterocycles. The highest BCUT2D eigenvalue weighted by Crippen LogP contribution is 2.37. The average Bonchev–Trinajstić information content (AvgIpc) is 2.44. The second kappa shape index (κ2) is 5.88. The van der Waals surface area contributed by atoms with E-state index in [1.54, 1.807) is 0 Å². The van der Waals surface area contributed by atoms with Crippen molar-refractivity contribution in [1.29, 1.82) is 0 Å². The van der Waals surface area contributed by atoms with Gasteiger partial charge >= 0.3 is 0 Å². The summed E-state index contributed by atoms with van der Waals surface area (Å²) in [6.45, 7) is 0. The van der Waals surface area contributed by atoms with Gasteiger partial charge in [-0.25, -0.2) is 34.8 Å². The number of benzene rings is 2. The SMILES string of the molecule is O=S(=O)(Cl)c1cc(-c2c(F)c(F)c(F)c(F)c2F)c(F)cc1Cl. The topological polar surface area (TPSA) is 34.1 Å². The van der Waals surface area contributed by atoms with Gasteiger partial charge < -0.3 is 0 Å². The van der Waals surface area contributed by atoms with E-state index in [1.165, 1.54) is 0 Å². The third kappa shape index (κ3) is 3.00. The van der Waals surface area contributed by atoms with E-state index in [4.69, 9.17) is 22.3 Å². The largest absolute Gasteiger partial charge is 0.262 e. The van der Waals surface area contributed by atoms with Crippen LogP contribution in [0.25, 0.3) is 11.1 Å². The van der Waals surface area contributed by atoms with Crippen LogP contribution >= 0.6 is 22.3 Å². The lowest BCUT2D eigenvalue weighted by molar-refractivity contribution is 0.381. The zero-order valence-corrected chi connectivity index (χ0v) is 12.7. The van der Waals surface area contributed by atoms with E-state index in [9.17, 15) is 34.8 Å². The van der Waals surface area contributed by atoms with Gasteiger partial charge in [0.2, 0.25) is 5.82 Å². The van der Waals surface area contributed by atoms with Crippen LogP contribution in [-0.2, 0) is 9.05 Å². The van der Waals surface area contributed by atoms with Crippen LogP contribution < -0.4 is 0 Å². The fourth-order valence-corrected chi connectivity index (χ4v) is 3.26. The molecule has 0 radical (unpaired) electrons. The molecule has 0 saturated carbocycles. The molecule has 2 rings (SSSR count). The van der Waals surface area contributed by atoms with Crippen molar-refractivity contribution in [3.63, 3.8) is 0 Å². The van der Waals surface area contributed by atoms with Gasteiger partial charge in [-0.15, -0.1) is 0 Å². The predicted octanol–water partition coefficient (Wildman–Crippen LogP) is 4.77. The molecule has 0 unspecified atom stereocenters. The van der Waals surface area contributed by atoms with Crippen LogP contribution in [0.1, 0.15) is 0 Å². The summed E-state index contributed by atoms with van der Waals surface area (Å²) >= 11 is 5.44. The Labute approximate surface area is 134 Å². The summed E-state index contributed by atoms with van der Waals surface area (Å²) in [7, 11) is 0.445. The molecule has 0 amide bonds. The Bertz CT molecular complexity index is 901. The second-order valence-electron chi connectivity index (χ2n) is 4.15. The maximum absolute atomic E-state index is 13.8. The zero-order chi connectivity index (χ0) is 17.7. The van der Waals surface area contributed by atoms with Crippen LogP contribution in [0.4, 0.5) is 26.3 Å². The van der Waals surface area contributed by atoms with E-state index in [2.05, 4.69) is 0 Å². The summed E-state index contributed by atoms with van der Waals surface area (Å²) in [5, 5.41) is -0.731. The normalized spacial score (nSPS) is 11.8. The van der Waals surface area contributed by atoms with E-state index in [0.717, 1.165) is 0 Å². The van der Waals surface area contributed by atoms with E-state index in [1.807, 2.05) is 0 Å². The molecule has 0 aliphatic rings. The summed E-state index contributed by atoms with van der Waals surface area (Å²) in [6, 6.07) is 0.600. The second-order valence-corrected chi connectivity index (χ2v) is 7.09. The lowest BCUT2D eigenvalue weighted by atomic mass is 10.0. The quantitative estimate of drug-likeness (QED) is 0.318. The van der Waals surface area contributed by atoms with Crippen LogP contribution in [0.2, 0.25) is 5.02 Å². The van der Waals surface area contributed by atoms with Crippen molar-refractivity contribution in [3.8, 4) is 11.1 Å². The first-order valence-corrected chi connectivity index (χ1v) is 8.11. The minimum Gasteiger partial charge on any atom is -0.207 e. The Kier molecular flexibility index (Phi) is 4.57. The minimum atomic E-state index is -4.57. The summed E-state index contributed by atoms with van der Waals surface area (Å²) in [6.07, 6.45) is 0. The van der Waals surface area contributed by atoms with Crippen molar-refractivity contribution in [2.75, 3.05) is 0 Å². The van der Waals surface area contributed by atoms with Gasteiger partial charge in [0, 0.05) is 16.2 Å². The van der Waals surface area contributed by atoms with Crippen LogP contribution in [0, 0.1) is 34.9 Å². The number of hydrogen-bond acceptors (Lipinski definition) is 2. The Morgan fingerprint density at radius 3 is 1.65 bits per heavy atom. The zero-order valence-electron chi connectivity index (χ0n) is 10.4. The molecule has 0 aromatic heterocycles. The van der Waals surface area contributed by atoms with Gasteiger partial charge in [0.05, 0.1) is 10.6 Å². The fraction of sp³-hybridized carbons (Fsp3) is 0. The number of rotatable bonds is 2. The molecule has 124 valence electrons. The fourth-order valence-electron chi connectivity index (χ4n) is 1.75. The lowest BCUT2D eigenvalue weighted by Gasteiger charge is -2.11. The third-order valence-electron chi connectivity index (χ3n) is 2.76. The van der Waals surface area contributed by atoms with Crippen LogP contribution in [0.5, 0.6) is 0 Å². The molecule has 0 heterocycles. The summed E-state index contributed by atoms with van der Waals surface area (Å²) < 4.78 is 103. The molecule has 0 fully saturated rings. The maximum atomic E-state index is 13.8. The first-order valence-electron chi connectivity index (χ1n) is 5.42. The standard InChI is InChI=1S/C12H2Cl2F6O2S/c13-4-2-5(15)3(1-6(4)23(14,21)22)7-8(16)10(18)12(20)11(19)9(7)17/h1-2H. The van der Waals surface area contributed by atoms with E-state index in [0.29, 0.717) is 6.07 Å². The molecule has 0 aliphatic heterocycles. The molecule has 11 heteroatoms. The lowest BCUT2D eigenvalue weighted by Crippen LogP contribution is -2.06. The Morgan fingerprint density at radius 2 is 1.22 bits per heavy atom. The molecular weight excluding hydrogens is 393 g/mol. The molecule has 0 atom stereocenters. The number of hydrogen-bond donors (Lipinski definition) is 0. The van der Waals surface area contributed by atoms with Gasteiger partial charge in [0.15, 0.2) is 23.3 Å². The first kappa shape index (κ1) is 17.9. The monoisotopic (exact) mass is 394 g/mol. The summed E-state index contributed by atoms with van der Waals surface area (Å²) in [4.78, 5) is -0.957. The highest BCUT2D eigenvalue weighted by molar-refractivity contribution is 8.13. The molecular formula is C12H2Cl2F6O2S. The van der Waals surface area contributed by atoms with Gasteiger partial charge in [-0.1, -0.05) is 11.6 Å². The van der Waals surface area contributed by atoms with Gasteiger partial charge in [-0.3, -0.25) is 0 Å². The molecule has 0 bridgehead atoms. The Balaban J connectivity index is 2.94. The molecule has 23 heavy (non-hydrogen) atoms. The Hall–Kier alpha value is -1.45. The van der Waals surface area contributed by atoms with Crippen molar-refractivity contribution < 1.29 is 34.8 Å². The van der Waals surface area contributed by atoms with Crippen LogP contribution in [0.3, 0.4) is 0 Å². The average molecular weight is 395 g/mol. The van der Waals surface area contributed by atoms with Crippen molar-refractivity contribution >= 4 is 31.3 Å². The summed E-state index contributed by atoms with van der Waals surface area (Å²) in [5.41, 5.74) is -2.85. The van der Waals surface area contributed by atoms with Crippen LogP contribution in [0.15, 0.2) is 17.0 Å². The molecule has 2 aromatic carbocycles. The molecule has 2 aromatic rings. The molecule has 0 spiro atoms. The van der Waals surface area contributed by atoms with E-state index < -0.39 is 65.0 Å². The number of halogens is 8. The van der Waals surface area contributed by atoms with Crippen molar-refractivity contribution in [2.24, 2.45) is 0 Å².